The molecule has 0 amide bonds. The van der Waals surface area contributed by atoms with E-state index >= 15 is 4.39 Å². The number of phenolic OH excluding ortho intramolecular Hbond substituents is 1. The number of halogens is 1. The lowest BCUT2D eigenvalue weighted by Gasteiger charge is -2.37. The number of terminal acetylenes is 1. The highest BCUT2D eigenvalue weighted by molar-refractivity contribution is 6.02. The van der Waals surface area contributed by atoms with Crippen LogP contribution >= 0.6 is 0 Å². The van der Waals surface area contributed by atoms with E-state index in [4.69, 9.17) is 16.1 Å². The van der Waals surface area contributed by atoms with Crippen LogP contribution in [0.2, 0.25) is 0 Å². The van der Waals surface area contributed by atoms with E-state index in [1.807, 2.05) is 12.1 Å². The third-order valence-corrected chi connectivity index (χ3v) is 9.48. The second-order valence-corrected chi connectivity index (χ2v) is 12.8. The number of hydrogen-bond donors (Lipinski definition) is 2. The minimum absolute atomic E-state index is 0.00109. The highest BCUT2D eigenvalue weighted by Gasteiger charge is 2.39. The summed E-state index contributed by atoms with van der Waals surface area (Å²) < 4.78 is 23.1. The van der Waals surface area contributed by atoms with Gasteiger partial charge in [0.15, 0.2) is 5.82 Å². The lowest BCUT2D eigenvalue weighted by Crippen LogP contribution is -2.51. The molecule has 2 bridgehead atoms. The predicted octanol–water partition coefficient (Wildman–Crippen LogP) is 5.25. The Morgan fingerprint density at radius 3 is 2.74 bits per heavy atom. The number of pyridine rings is 1. The van der Waals surface area contributed by atoms with Gasteiger partial charge in [-0.25, -0.2) is 4.39 Å². The average Bonchev–Trinajstić information content (AvgIpc) is 3.56. The van der Waals surface area contributed by atoms with Crippen molar-refractivity contribution in [3.63, 3.8) is 0 Å². The minimum Gasteiger partial charge on any atom is -0.508 e. The molecule has 222 valence electrons. The van der Waals surface area contributed by atoms with Crippen molar-refractivity contribution in [3.05, 3.63) is 47.9 Å². The zero-order valence-electron chi connectivity index (χ0n) is 24.9. The molecule has 0 spiro atoms. The van der Waals surface area contributed by atoms with Gasteiger partial charge in [-0.2, -0.15) is 9.97 Å². The summed E-state index contributed by atoms with van der Waals surface area (Å²) in [5, 5.41) is 16.1. The molecule has 2 N–H and O–H groups in total. The van der Waals surface area contributed by atoms with E-state index in [1.165, 1.54) is 6.07 Å². The minimum atomic E-state index is -0.598. The summed E-state index contributed by atoms with van der Waals surface area (Å²) in [4.78, 5) is 18.8. The summed E-state index contributed by atoms with van der Waals surface area (Å²) in [6.07, 6.45) is 11.8. The maximum absolute atomic E-state index is 16.7. The van der Waals surface area contributed by atoms with Crippen LogP contribution in [-0.2, 0) is 0 Å². The molecule has 0 radical (unpaired) electrons. The number of phenols is 1. The first-order valence-electron chi connectivity index (χ1n) is 15.2. The summed E-state index contributed by atoms with van der Waals surface area (Å²) in [7, 11) is 0. The summed E-state index contributed by atoms with van der Waals surface area (Å²) in [6, 6.07) is 9.86. The van der Waals surface area contributed by atoms with Gasteiger partial charge in [0.2, 0.25) is 0 Å². The molecule has 2 aromatic heterocycles. The molecule has 2 unspecified atom stereocenters. The largest absolute Gasteiger partial charge is 0.508 e. The molecule has 43 heavy (non-hydrogen) atoms. The topological polar surface area (TPSA) is 86.6 Å². The molecule has 3 aliphatic heterocycles. The number of anilines is 1. The first-order chi connectivity index (χ1) is 20.7. The van der Waals surface area contributed by atoms with Crippen LogP contribution in [0.25, 0.3) is 32.9 Å². The smallest absolute Gasteiger partial charge is 0.319 e. The SMILES string of the molecule is C#Cc1cccc2cc(O)cc(-c3ncc4c(N5CC6CCC(C5)N6)nc(OC[C@]5(C)CCCN5C(C)C)nc4c3F)c12. The van der Waals surface area contributed by atoms with Gasteiger partial charge in [0.25, 0.3) is 0 Å². The molecule has 5 heterocycles. The van der Waals surface area contributed by atoms with Gasteiger partial charge in [-0.05, 0) is 76.6 Å². The van der Waals surface area contributed by atoms with Crippen molar-refractivity contribution < 1.29 is 14.2 Å². The van der Waals surface area contributed by atoms with Crippen LogP contribution in [0, 0.1) is 18.2 Å². The second-order valence-electron chi connectivity index (χ2n) is 12.8. The zero-order chi connectivity index (χ0) is 29.9. The van der Waals surface area contributed by atoms with Gasteiger partial charge >= 0.3 is 6.01 Å². The van der Waals surface area contributed by atoms with Crippen LogP contribution in [-0.4, -0.2) is 74.9 Å². The zero-order valence-corrected chi connectivity index (χ0v) is 24.9. The fraction of sp³-hybridized carbons (Fsp3) is 0.441. The molecule has 8 nitrogen and oxygen atoms in total. The highest BCUT2D eigenvalue weighted by atomic mass is 19.1. The number of aromatic nitrogens is 3. The molecule has 3 fully saturated rings. The van der Waals surface area contributed by atoms with Crippen LogP contribution < -0.4 is 15.0 Å². The Balaban J connectivity index is 1.37. The Morgan fingerprint density at radius 1 is 1.21 bits per heavy atom. The van der Waals surface area contributed by atoms with Crippen LogP contribution in [0.3, 0.4) is 0 Å². The summed E-state index contributed by atoms with van der Waals surface area (Å²) in [5.74, 6) is 2.74. The number of fused-ring (bicyclic) bond motifs is 4. The molecule has 2 aromatic carbocycles. The van der Waals surface area contributed by atoms with Gasteiger partial charge in [-0.15, -0.1) is 6.42 Å². The quantitative estimate of drug-likeness (QED) is 0.299. The van der Waals surface area contributed by atoms with Crippen molar-refractivity contribution >= 4 is 27.5 Å². The normalized spacial score (nSPS) is 23.9. The first kappa shape index (κ1) is 27.8. The molecule has 7 rings (SSSR count). The maximum atomic E-state index is 16.7. The van der Waals surface area contributed by atoms with Crippen molar-refractivity contribution in [1.82, 2.24) is 25.2 Å². The number of hydrogen-bond acceptors (Lipinski definition) is 8. The van der Waals surface area contributed by atoms with E-state index in [1.54, 1.807) is 18.3 Å². The number of benzene rings is 2. The molecule has 3 aliphatic rings. The average molecular weight is 581 g/mol. The van der Waals surface area contributed by atoms with Crippen molar-refractivity contribution in [2.45, 2.75) is 70.1 Å². The van der Waals surface area contributed by atoms with E-state index in [2.05, 4.69) is 51.8 Å². The summed E-state index contributed by atoms with van der Waals surface area (Å²) >= 11 is 0. The molecule has 4 aromatic rings. The molecule has 3 atom stereocenters. The van der Waals surface area contributed by atoms with Crippen LogP contribution in [0.15, 0.2) is 36.5 Å². The van der Waals surface area contributed by atoms with E-state index in [-0.39, 0.29) is 28.5 Å². The van der Waals surface area contributed by atoms with E-state index in [9.17, 15) is 5.11 Å². The summed E-state index contributed by atoms with van der Waals surface area (Å²) in [5.41, 5.74) is 1.06. The van der Waals surface area contributed by atoms with Crippen molar-refractivity contribution in [2.75, 3.05) is 31.1 Å². The number of ether oxygens (including phenoxy) is 1. The van der Waals surface area contributed by atoms with Gasteiger partial charge in [-0.3, -0.25) is 9.88 Å². The third-order valence-electron chi connectivity index (χ3n) is 9.48. The molecular formula is C34H37FN6O2. The van der Waals surface area contributed by atoms with Crippen molar-refractivity contribution in [1.29, 1.82) is 0 Å². The van der Waals surface area contributed by atoms with Crippen molar-refractivity contribution in [3.8, 4) is 35.4 Å². The van der Waals surface area contributed by atoms with Gasteiger partial charge in [-0.1, -0.05) is 18.1 Å². The number of likely N-dealkylation sites (tertiary alicyclic amines) is 1. The Labute approximate surface area is 251 Å². The number of nitrogens with one attached hydrogen (secondary N) is 1. The standard InChI is InChI=1S/C34H37FN6O2/c1-5-21-8-6-9-22-14-25(42)15-26(28(21)22)30-29(35)31-27(16-36-30)32(40-17-23-10-11-24(18-40)37-23)39-33(38-31)43-19-34(4)12-7-13-41(34)20(2)3/h1,6,8-9,14-16,20,23-24,37,42H,7,10-13,17-19H2,2-4H3/t23?,24?,34-/m0/s1. The Morgan fingerprint density at radius 2 is 2.00 bits per heavy atom. The number of piperazine rings is 1. The van der Waals surface area contributed by atoms with E-state index in [0.29, 0.717) is 57.8 Å². The fourth-order valence-electron chi connectivity index (χ4n) is 7.50. The number of aromatic hydroxyl groups is 1. The first-order valence-corrected chi connectivity index (χ1v) is 15.2. The second kappa shape index (κ2) is 10.6. The van der Waals surface area contributed by atoms with Crippen LogP contribution in [0.5, 0.6) is 11.8 Å². The van der Waals surface area contributed by atoms with E-state index < -0.39 is 5.82 Å². The molecule has 9 heteroatoms. The van der Waals surface area contributed by atoms with Gasteiger partial charge in [0, 0.05) is 53.9 Å². The Kier molecular flexibility index (Phi) is 6.87. The maximum Gasteiger partial charge on any atom is 0.319 e. The lowest BCUT2D eigenvalue weighted by molar-refractivity contribution is 0.0626. The lowest BCUT2D eigenvalue weighted by atomic mass is 9.96. The fourth-order valence-corrected chi connectivity index (χ4v) is 7.50. The molecular weight excluding hydrogens is 543 g/mol. The van der Waals surface area contributed by atoms with Crippen LogP contribution in [0.4, 0.5) is 10.2 Å². The summed E-state index contributed by atoms with van der Waals surface area (Å²) in [6.45, 7) is 9.59. The number of rotatable bonds is 6. The predicted molar refractivity (Wildman–Crippen MR) is 167 cm³/mol. The molecule has 3 saturated heterocycles. The van der Waals surface area contributed by atoms with E-state index in [0.717, 1.165) is 45.3 Å². The van der Waals surface area contributed by atoms with Gasteiger partial charge in [0.1, 0.15) is 29.4 Å². The Hall–Kier alpha value is -4.00. The van der Waals surface area contributed by atoms with Gasteiger partial charge in [0.05, 0.1) is 10.9 Å². The monoisotopic (exact) mass is 580 g/mol. The Bertz CT molecular complexity index is 1760. The number of nitrogens with zero attached hydrogens (tertiary/aromatic N) is 5. The van der Waals surface area contributed by atoms with Gasteiger partial charge < -0.3 is 20.1 Å². The molecule has 0 saturated carbocycles. The van der Waals surface area contributed by atoms with Crippen molar-refractivity contribution in [2.24, 2.45) is 0 Å². The van der Waals surface area contributed by atoms with Crippen LogP contribution in [0.1, 0.15) is 52.0 Å². The highest BCUT2D eigenvalue weighted by Crippen LogP contribution is 2.39. The third kappa shape index (κ3) is 4.83. The molecule has 0 aliphatic carbocycles.